The Morgan fingerprint density at radius 3 is 2.63 bits per heavy atom. The fraction of sp³-hybridized carbons (Fsp3) is 0.250. The van der Waals surface area contributed by atoms with Crippen LogP contribution in [0.4, 0.5) is 0 Å². The summed E-state index contributed by atoms with van der Waals surface area (Å²) in [6.07, 6.45) is 3.07. The summed E-state index contributed by atoms with van der Waals surface area (Å²) >= 11 is 11.8. The van der Waals surface area contributed by atoms with Gasteiger partial charge in [0.1, 0.15) is 22.8 Å². The number of hydrogen-bond donors (Lipinski definition) is 2. The molecule has 2 amide bonds. The molecule has 0 aliphatic heterocycles. The van der Waals surface area contributed by atoms with Crippen LogP contribution in [0.2, 0.25) is 10.0 Å². The molecule has 30 heavy (non-hydrogen) atoms. The topological polar surface area (TPSA) is 107 Å². The number of ether oxygens (including phenoxy) is 2. The minimum atomic E-state index is -0.568. The Kier molecular flexibility index (Phi) is 8.76. The molecule has 2 rings (SSSR count). The SMILES string of the molecule is COC(=O)c1cc(/C=C/C(=O)NNC(=O)CCCOc2ccc(Cl)cc2Cl)oc1C. The van der Waals surface area contributed by atoms with Gasteiger partial charge in [0.2, 0.25) is 5.91 Å². The van der Waals surface area contributed by atoms with Crippen LogP contribution in [0.5, 0.6) is 5.75 Å². The molecule has 2 N–H and O–H groups in total. The predicted octanol–water partition coefficient (Wildman–Crippen LogP) is 3.70. The van der Waals surface area contributed by atoms with Gasteiger partial charge in [0.05, 0.1) is 18.7 Å². The van der Waals surface area contributed by atoms with Crippen LogP contribution in [0.25, 0.3) is 6.08 Å². The van der Waals surface area contributed by atoms with E-state index in [2.05, 4.69) is 15.6 Å². The maximum absolute atomic E-state index is 11.8. The molecule has 0 saturated heterocycles. The average molecular weight is 455 g/mol. The molecule has 1 heterocycles. The Hall–Kier alpha value is -2.97. The molecule has 1 aromatic heterocycles. The van der Waals surface area contributed by atoms with Gasteiger partial charge >= 0.3 is 5.97 Å². The molecule has 0 unspecified atom stereocenters. The lowest BCUT2D eigenvalue weighted by molar-refractivity contribution is -0.126. The van der Waals surface area contributed by atoms with Crippen LogP contribution in [0.1, 0.15) is 34.7 Å². The summed E-state index contributed by atoms with van der Waals surface area (Å²) < 4.78 is 15.5. The van der Waals surface area contributed by atoms with Crippen LogP contribution >= 0.6 is 23.2 Å². The Morgan fingerprint density at radius 1 is 1.17 bits per heavy atom. The lowest BCUT2D eigenvalue weighted by Gasteiger charge is -2.08. The number of carbonyl (C=O) groups excluding carboxylic acids is 3. The highest BCUT2D eigenvalue weighted by atomic mass is 35.5. The molecule has 2 aromatic rings. The number of hydrazine groups is 1. The second kappa shape index (κ2) is 11.3. The van der Waals surface area contributed by atoms with E-state index >= 15 is 0 Å². The summed E-state index contributed by atoms with van der Waals surface area (Å²) in [6.45, 7) is 1.87. The lowest BCUT2D eigenvalue weighted by Crippen LogP contribution is -2.40. The summed E-state index contributed by atoms with van der Waals surface area (Å²) in [5.74, 6) is -0.339. The Bertz CT molecular complexity index is 955. The van der Waals surface area contributed by atoms with E-state index in [-0.39, 0.29) is 24.5 Å². The third-order valence-corrected chi connectivity index (χ3v) is 4.30. The van der Waals surface area contributed by atoms with Crippen molar-refractivity contribution < 1.29 is 28.3 Å². The van der Waals surface area contributed by atoms with Gasteiger partial charge in [-0.25, -0.2) is 4.79 Å². The van der Waals surface area contributed by atoms with Gasteiger partial charge in [-0.1, -0.05) is 23.2 Å². The monoisotopic (exact) mass is 454 g/mol. The highest BCUT2D eigenvalue weighted by Gasteiger charge is 2.14. The molecule has 8 nitrogen and oxygen atoms in total. The molecule has 0 aliphatic rings. The van der Waals surface area contributed by atoms with Crippen LogP contribution in [-0.2, 0) is 14.3 Å². The quantitative estimate of drug-likeness (QED) is 0.272. The number of hydrogen-bond acceptors (Lipinski definition) is 6. The average Bonchev–Trinajstić information content (AvgIpc) is 3.09. The summed E-state index contributed by atoms with van der Waals surface area (Å²) in [5, 5.41) is 0.888. The maximum atomic E-state index is 11.8. The number of aryl methyl sites for hydroxylation is 1. The van der Waals surface area contributed by atoms with Crippen molar-refractivity contribution in [1.29, 1.82) is 0 Å². The van der Waals surface area contributed by atoms with Crippen LogP contribution in [0.15, 0.2) is 34.8 Å². The molecule has 0 saturated carbocycles. The van der Waals surface area contributed by atoms with E-state index in [4.69, 9.17) is 32.4 Å². The van der Waals surface area contributed by atoms with E-state index in [1.54, 1.807) is 25.1 Å². The number of carbonyl (C=O) groups is 3. The lowest BCUT2D eigenvalue weighted by atomic mass is 10.2. The molecule has 0 fully saturated rings. The third-order valence-electron chi connectivity index (χ3n) is 3.77. The van der Waals surface area contributed by atoms with Gasteiger partial charge in [-0.2, -0.15) is 0 Å². The van der Waals surface area contributed by atoms with Crippen LogP contribution < -0.4 is 15.6 Å². The van der Waals surface area contributed by atoms with Gasteiger partial charge in [0, 0.05) is 17.5 Å². The van der Waals surface area contributed by atoms with Gasteiger partial charge in [-0.05, 0) is 43.7 Å². The largest absolute Gasteiger partial charge is 0.492 e. The number of halogens is 2. The van der Waals surface area contributed by atoms with Gasteiger partial charge in [0.15, 0.2) is 0 Å². The summed E-state index contributed by atoms with van der Waals surface area (Å²) in [7, 11) is 1.26. The highest BCUT2D eigenvalue weighted by Crippen LogP contribution is 2.27. The van der Waals surface area contributed by atoms with Crippen LogP contribution in [0.3, 0.4) is 0 Å². The molecular formula is C20H20Cl2N2O6. The Labute approximate surface area is 183 Å². The van der Waals surface area contributed by atoms with Crippen molar-refractivity contribution in [3.63, 3.8) is 0 Å². The van der Waals surface area contributed by atoms with Crippen molar-refractivity contribution in [2.75, 3.05) is 13.7 Å². The molecular weight excluding hydrogens is 435 g/mol. The molecule has 0 atom stereocenters. The smallest absolute Gasteiger partial charge is 0.341 e. The fourth-order valence-corrected chi connectivity index (χ4v) is 2.76. The van der Waals surface area contributed by atoms with Crippen LogP contribution in [-0.4, -0.2) is 31.5 Å². The molecule has 0 aliphatic carbocycles. The Morgan fingerprint density at radius 2 is 1.93 bits per heavy atom. The molecule has 1 aromatic carbocycles. The highest BCUT2D eigenvalue weighted by molar-refractivity contribution is 6.35. The first kappa shape index (κ1) is 23.3. The van der Waals surface area contributed by atoms with E-state index in [1.165, 1.54) is 19.3 Å². The first-order valence-corrected chi connectivity index (χ1v) is 9.59. The van der Waals surface area contributed by atoms with E-state index in [0.29, 0.717) is 33.7 Å². The zero-order chi connectivity index (χ0) is 22.1. The van der Waals surface area contributed by atoms with E-state index in [1.807, 2.05) is 0 Å². The van der Waals surface area contributed by atoms with Crippen molar-refractivity contribution in [2.24, 2.45) is 0 Å². The fourth-order valence-electron chi connectivity index (χ4n) is 2.30. The van der Waals surface area contributed by atoms with Crippen molar-refractivity contribution in [2.45, 2.75) is 19.8 Å². The normalized spacial score (nSPS) is 10.7. The van der Waals surface area contributed by atoms with Crippen molar-refractivity contribution in [1.82, 2.24) is 10.9 Å². The third kappa shape index (κ3) is 7.13. The number of benzene rings is 1. The van der Waals surface area contributed by atoms with Crippen LogP contribution in [0, 0.1) is 6.92 Å². The minimum absolute atomic E-state index is 0.134. The molecule has 10 heteroatoms. The minimum Gasteiger partial charge on any atom is -0.492 e. The molecule has 0 radical (unpaired) electrons. The van der Waals surface area contributed by atoms with E-state index in [0.717, 1.165) is 6.08 Å². The number of rotatable bonds is 8. The van der Waals surface area contributed by atoms with Gasteiger partial charge in [0.25, 0.3) is 5.91 Å². The molecule has 0 spiro atoms. The standard InChI is InChI=1S/C20H20Cl2N2O6/c1-12-15(20(27)28-2)11-14(30-12)6-8-19(26)24-23-18(25)4-3-9-29-17-7-5-13(21)10-16(17)22/h5-8,10-11H,3-4,9H2,1-2H3,(H,23,25)(H,24,26)/b8-6+. The second-order valence-corrected chi connectivity index (χ2v) is 6.85. The number of amides is 2. The van der Waals surface area contributed by atoms with Crippen molar-refractivity contribution in [3.8, 4) is 5.75 Å². The first-order valence-electron chi connectivity index (χ1n) is 8.83. The molecule has 160 valence electrons. The first-order chi connectivity index (χ1) is 14.3. The Balaban J connectivity index is 1.69. The van der Waals surface area contributed by atoms with Crippen molar-refractivity contribution in [3.05, 3.63) is 57.5 Å². The molecule has 0 bridgehead atoms. The number of methoxy groups -OCH3 is 1. The second-order valence-electron chi connectivity index (χ2n) is 6.01. The zero-order valence-electron chi connectivity index (χ0n) is 16.3. The summed E-state index contributed by atoms with van der Waals surface area (Å²) in [6, 6.07) is 6.32. The summed E-state index contributed by atoms with van der Waals surface area (Å²) in [5.41, 5.74) is 4.80. The van der Waals surface area contributed by atoms with Gasteiger partial charge in [-0.15, -0.1) is 0 Å². The number of esters is 1. The predicted molar refractivity (Wildman–Crippen MR) is 111 cm³/mol. The number of nitrogens with one attached hydrogen (secondary N) is 2. The summed E-state index contributed by atoms with van der Waals surface area (Å²) in [4.78, 5) is 35.1. The zero-order valence-corrected chi connectivity index (χ0v) is 17.8. The van der Waals surface area contributed by atoms with Gasteiger partial charge < -0.3 is 13.9 Å². The number of furan rings is 1. The van der Waals surface area contributed by atoms with Crippen molar-refractivity contribution >= 4 is 47.1 Å². The van der Waals surface area contributed by atoms with Gasteiger partial charge in [-0.3, -0.25) is 20.4 Å². The van der Waals surface area contributed by atoms with E-state index < -0.39 is 11.9 Å². The van der Waals surface area contributed by atoms with E-state index in [9.17, 15) is 14.4 Å². The maximum Gasteiger partial charge on any atom is 0.341 e.